The van der Waals surface area contributed by atoms with E-state index in [1.54, 1.807) is 6.07 Å². The number of aromatic nitrogens is 2. The number of nitrogens with zero attached hydrogens (tertiary/aromatic N) is 2. The number of carbonyl (C=O) groups excluding carboxylic acids is 1. The third-order valence-corrected chi connectivity index (χ3v) is 6.03. The van der Waals surface area contributed by atoms with Crippen molar-refractivity contribution in [2.75, 3.05) is 13.2 Å². The van der Waals surface area contributed by atoms with Gasteiger partial charge in [-0.1, -0.05) is 49.4 Å². The summed E-state index contributed by atoms with van der Waals surface area (Å²) in [5.41, 5.74) is 3.28. The Bertz CT molecular complexity index is 1030. The van der Waals surface area contributed by atoms with Gasteiger partial charge in [0, 0.05) is 30.8 Å². The van der Waals surface area contributed by atoms with Gasteiger partial charge in [0.25, 0.3) is 5.91 Å². The summed E-state index contributed by atoms with van der Waals surface area (Å²) >= 11 is 12.3. The van der Waals surface area contributed by atoms with Gasteiger partial charge in [-0.15, -0.1) is 0 Å². The fourth-order valence-corrected chi connectivity index (χ4v) is 3.86. The second-order valence-electron chi connectivity index (χ2n) is 7.67. The van der Waals surface area contributed by atoms with E-state index in [1.807, 2.05) is 30.3 Å². The van der Waals surface area contributed by atoms with Gasteiger partial charge in [-0.05, 0) is 55.7 Å². The number of rotatable bonds is 11. The third kappa shape index (κ3) is 6.00. The van der Waals surface area contributed by atoms with E-state index in [0.717, 1.165) is 67.5 Å². The van der Waals surface area contributed by atoms with Gasteiger partial charge in [0.1, 0.15) is 5.82 Å². The summed E-state index contributed by atoms with van der Waals surface area (Å²) < 4.78 is 2.18. The number of aryl methyl sites for hydroxylation is 1. The van der Waals surface area contributed by atoms with Gasteiger partial charge in [-0.25, -0.2) is 4.98 Å². The zero-order valence-electron chi connectivity index (χ0n) is 17.8. The molecule has 3 rings (SSSR count). The van der Waals surface area contributed by atoms with E-state index in [9.17, 15) is 4.79 Å². The number of aliphatic hydroxyl groups excluding tert-OH is 1. The number of nitrogens with one attached hydrogen (secondary N) is 1. The maximum atomic E-state index is 12.6. The summed E-state index contributed by atoms with van der Waals surface area (Å²) in [6, 6.07) is 11.2. The van der Waals surface area contributed by atoms with E-state index in [1.165, 1.54) is 0 Å². The highest BCUT2D eigenvalue weighted by molar-refractivity contribution is 6.42. The van der Waals surface area contributed by atoms with Crippen molar-refractivity contribution in [1.29, 1.82) is 0 Å². The van der Waals surface area contributed by atoms with Crippen molar-refractivity contribution in [3.05, 3.63) is 52.0 Å². The van der Waals surface area contributed by atoms with Gasteiger partial charge < -0.3 is 15.0 Å². The third-order valence-electron chi connectivity index (χ3n) is 5.29. The Hall–Kier alpha value is -2.08. The van der Waals surface area contributed by atoms with Gasteiger partial charge in [0.2, 0.25) is 0 Å². The molecule has 0 fully saturated rings. The number of halogens is 2. The van der Waals surface area contributed by atoms with Crippen LogP contribution in [0.4, 0.5) is 0 Å². The zero-order valence-corrected chi connectivity index (χ0v) is 19.3. The molecule has 0 spiro atoms. The lowest BCUT2D eigenvalue weighted by Gasteiger charge is -2.10. The number of benzene rings is 2. The molecular formula is C24H29Cl2N3O2. The number of unbranched alkanes of at least 4 members (excludes halogenated alkanes) is 4. The first-order valence-electron chi connectivity index (χ1n) is 10.9. The molecule has 0 saturated carbocycles. The number of hydrogen-bond donors (Lipinski definition) is 2. The first-order valence-corrected chi connectivity index (χ1v) is 11.7. The summed E-state index contributed by atoms with van der Waals surface area (Å²) in [5.74, 6) is 0.728. The van der Waals surface area contributed by atoms with E-state index in [4.69, 9.17) is 33.3 Å². The Morgan fingerprint density at radius 2 is 1.84 bits per heavy atom. The average molecular weight is 462 g/mol. The lowest BCUT2D eigenvalue weighted by Crippen LogP contribution is -2.24. The summed E-state index contributed by atoms with van der Waals surface area (Å²) in [5, 5.41) is 12.8. The molecule has 0 saturated heterocycles. The van der Waals surface area contributed by atoms with Crippen molar-refractivity contribution in [2.24, 2.45) is 0 Å². The van der Waals surface area contributed by atoms with Gasteiger partial charge in [-0.2, -0.15) is 0 Å². The quantitative estimate of drug-likeness (QED) is 0.339. The Kier molecular flexibility index (Phi) is 8.76. The zero-order chi connectivity index (χ0) is 22.2. The molecule has 31 heavy (non-hydrogen) atoms. The smallest absolute Gasteiger partial charge is 0.251 e. The molecule has 0 bridgehead atoms. The molecule has 5 nitrogen and oxygen atoms in total. The highest BCUT2D eigenvalue weighted by Crippen LogP contribution is 2.31. The summed E-state index contributed by atoms with van der Waals surface area (Å²) in [4.78, 5) is 17.4. The van der Waals surface area contributed by atoms with Crippen LogP contribution < -0.4 is 5.32 Å². The van der Waals surface area contributed by atoms with E-state index in [2.05, 4.69) is 16.8 Å². The Balaban J connectivity index is 1.83. The van der Waals surface area contributed by atoms with Crippen molar-refractivity contribution in [3.63, 3.8) is 0 Å². The fourth-order valence-electron chi connectivity index (χ4n) is 3.56. The van der Waals surface area contributed by atoms with Crippen molar-refractivity contribution in [2.45, 2.75) is 52.0 Å². The SMILES string of the molecule is CCCCn1c(-c2ccc(Cl)c(Cl)c2)nc2cc(C(=O)NCCCCCCO)ccc21. The maximum absolute atomic E-state index is 12.6. The molecule has 166 valence electrons. The van der Waals surface area contributed by atoms with Crippen LogP contribution in [0.15, 0.2) is 36.4 Å². The highest BCUT2D eigenvalue weighted by Gasteiger charge is 2.15. The number of fused-ring (bicyclic) bond motifs is 1. The lowest BCUT2D eigenvalue weighted by atomic mass is 10.1. The Morgan fingerprint density at radius 3 is 2.58 bits per heavy atom. The molecule has 1 aromatic heterocycles. The predicted octanol–water partition coefficient (Wildman–Crippen LogP) is 6.09. The number of hydrogen-bond acceptors (Lipinski definition) is 3. The second-order valence-corrected chi connectivity index (χ2v) is 8.48. The van der Waals surface area contributed by atoms with Crippen molar-refractivity contribution in [1.82, 2.24) is 14.9 Å². The standard InChI is InChI=1S/C24H29Cl2N3O2/c1-2-3-13-29-22-11-9-18(24(31)27-12-6-4-5-7-14-30)16-21(22)28-23(29)17-8-10-19(25)20(26)15-17/h8-11,15-16,30H,2-7,12-14H2,1H3,(H,27,31). The van der Waals surface area contributed by atoms with E-state index in [-0.39, 0.29) is 12.5 Å². The van der Waals surface area contributed by atoms with Gasteiger partial charge in [-0.3, -0.25) is 4.79 Å². The molecule has 0 unspecified atom stereocenters. The normalized spacial score (nSPS) is 11.2. The topological polar surface area (TPSA) is 67.2 Å². The lowest BCUT2D eigenvalue weighted by molar-refractivity contribution is 0.0953. The predicted molar refractivity (Wildman–Crippen MR) is 128 cm³/mol. The molecule has 1 amide bonds. The average Bonchev–Trinajstić information content (AvgIpc) is 3.14. The minimum Gasteiger partial charge on any atom is -0.396 e. The molecule has 0 radical (unpaired) electrons. The maximum Gasteiger partial charge on any atom is 0.251 e. The number of imidazole rings is 1. The summed E-state index contributed by atoms with van der Waals surface area (Å²) in [6.45, 7) is 3.84. The van der Waals surface area contributed by atoms with Crippen LogP contribution in [0.3, 0.4) is 0 Å². The van der Waals surface area contributed by atoms with Gasteiger partial charge in [0.15, 0.2) is 0 Å². The number of carbonyl (C=O) groups is 1. The van der Waals surface area contributed by atoms with Crippen LogP contribution in [0.25, 0.3) is 22.4 Å². The molecule has 0 aliphatic rings. The first kappa shape index (κ1) is 23.6. The van der Waals surface area contributed by atoms with Crippen LogP contribution in [0.2, 0.25) is 10.0 Å². The molecule has 1 heterocycles. The van der Waals surface area contributed by atoms with Crippen LogP contribution >= 0.6 is 23.2 Å². The molecule has 7 heteroatoms. The van der Waals surface area contributed by atoms with Crippen LogP contribution in [-0.2, 0) is 6.54 Å². The Morgan fingerprint density at radius 1 is 1.03 bits per heavy atom. The van der Waals surface area contributed by atoms with E-state index < -0.39 is 0 Å². The molecular weight excluding hydrogens is 433 g/mol. The minimum atomic E-state index is -0.0942. The van der Waals surface area contributed by atoms with E-state index >= 15 is 0 Å². The van der Waals surface area contributed by atoms with Crippen molar-refractivity contribution in [3.8, 4) is 11.4 Å². The molecule has 2 N–H and O–H groups in total. The minimum absolute atomic E-state index is 0.0942. The van der Waals surface area contributed by atoms with Gasteiger partial charge in [0.05, 0.1) is 21.1 Å². The fraction of sp³-hybridized carbons (Fsp3) is 0.417. The molecule has 0 atom stereocenters. The van der Waals surface area contributed by atoms with Crippen molar-refractivity contribution >= 4 is 40.1 Å². The first-order chi connectivity index (χ1) is 15.0. The summed E-state index contributed by atoms with van der Waals surface area (Å²) in [6.07, 6.45) is 5.78. The molecule has 2 aromatic carbocycles. The summed E-state index contributed by atoms with van der Waals surface area (Å²) in [7, 11) is 0. The van der Waals surface area contributed by atoms with Crippen LogP contribution in [0.5, 0.6) is 0 Å². The largest absolute Gasteiger partial charge is 0.396 e. The molecule has 0 aliphatic carbocycles. The highest BCUT2D eigenvalue weighted by atomic mass is 35.5. The van der Waals surface area contributed by atoms with Crippen LogP contribution in [0, 0.1) is 0 Å². The van der Waals surface area contributed by atoms with Crippen LogP contribution in [-0.4, -0.2) is 33.7 Å². The molecule has 0 aliphatic heterocycles. The second kappa shape index (κ2) is 11.5. The monoisotopic (exact) mass is 461 g/mol. The van der Waals surface area contributed by atoms with Crippen molar-refractivity contribution < 1.29 is 9.90 Å². The Labute approximate surface area is 193 Å². The van der Waals surface area contributed by atoms with E-state index in [0.29, 0.717) is 22.2 Å². The number of amides is 1. The van der Waals surface area contributed by atoms with Gasteiger partial charge >= 0.3 is 0 Å². The van der Waals surface area contributed by atoms with Crippen LogP contribution in [0.1, 0.15) is 55.8 Å². The number of aliphatic hydroxyl groups is 1. The molecule has 3 aromatic rings.